The van der Waals surface area contributed by atoms with Crippen LogP contribution in [-0.4, -0.2) is 19.9 Å². The predicted molar refractivity (Wildman–Crippen MR) is 113 cm³/mol. The van der Waals surface area contributed by atoms with Gasteiger partial charge in [-0.2, -0.15) is 4.76 Å². The maximum atomic E-state index is 14.3. The molecule has 3 aromatic carbocycles. The third kappa shape index (κ3) is 2.37. The molecule has 2 aliphatic rings. The molecule has 0 fully saturated rings. The van der Waals surface area contributed by atoms with Gasteiger partial charge in [-0.3, -0.25) is 4.57 Å². The first kappa shape index (κ1) is 16.3. The van der Waals surface area contributed by atoms with E-state index in [2.05, 4.69) is 28.0 Å². The van der Waals surface area contributed by atoms with Gasteiger partial charge < -0.3 is 9.80 Å². The van der Waals surface area contributed by atoms with E-state index in [-0.39, 0.29) is 0 Å². The van der Waals surface area contributed by atoms with Gasteiger partial charge >= 0.3 is 0 Å². The summed E-state index contributed by atoms with van der Waals surface area (Å²) in [6, 6.07) is 24.1. The summed E-state index contributed by atoms with van der Waals surface area (Å²) in [6.07, 6.45) is 0. The highest BCUT2D eigenvalue weighted by molar-refractivity contribution is 7.78. The van der Waals surface area contributed by atoms with Gasteiger partial charge in [-0.25, -0.2) is 0 Å². The minimum Gasteiger partial charge on any atom is -0.378 e. The summed E-state index contributed by atoms with van der Waals surface area (Å²) in [5, 5.41) is 1.59. The SMILES string of the molecule is CN(C)c1ccc2c(c1)N1Cc3ccccc3C1=N[P@]2(=O)c1ccccc1. The first-order chi connectivity index (χ1) is 13.1. The maximum Gasteiger partial charge on any atom is 0.251 e. The Bertz CT molecular complexity index is 1120. The van der Waals surface area contributed by atoms with Crippen molar-refractivity contribution < 1.29 is 4.57 Å². The molecule has 2 aliphatic heterocycles. The smallest absolute Gasteiger partial charge is 0.251 e. The van der Waals surface area contributed by atoms with Gasteiger partial charge in [-0.15, -0.1) is 0 Å². The van der Waals surface area contributed by atoms with Crippen LogP contribution in [0.25, 0.3) is 0 Å². The van der Waals surface area contributed by atoms with Gasteiger partial charge in [0.05, 0.1) is 17.5 Å². The van der Waals surface area contributed by atoms with E-state index in [1.54, 1.807) is 0 Å². The van der Waals surface area contributed by atoms with Crippen LogP contribution in [0.2, 0.25) is 0 Å². The average Bonchev–Trinajstić information content (AvgIpc) is 3.07. The van der Waals surface area contributed by atoms with Crippen LogP contribution in [0.3, 0.4) is 0 Å². The molecule has 4 nitrogen and oxygen atoms in total. The van der Waals surface area contributed by atoms with Crippen LogP contribution in [0.4, 0.5) is 11.4 Å². The molecule has 0 amide bonds. The molecule has 0 radical (unpaired) electrons. The second kappa shape index (κ2) is 5.83. The summed E-state index contributed by atoms with van der Waals surface area (Å²) in [5.74, 6) is 0.821. The molecule has 5 rings (SSSR count). The van der Waals surface area contributed by atoms with E-state index in [9.17, 15) is 4.57 Å². The number of amidine groups is 1. The lowest BCUT2D eigenvalue weighted by Crippen LogP contribution is -2.35. The van der Waals surface area contributed by atoms with Crippen LogP contribution in [0.5, 0.6) is 0 Å². The molecule has 27 heavy (non-hydrogen) atoms. The molecule has 134 valence electrons. The predicted octanol–water partition coefficient (Wildman–Crippen LogP) is 3.76. The Labute approximate surface area is 159 Å². The molecule has 3 aromatic rings. The summed E-state index contributed by atoms with van der Waals surface area (Å²) in [7, 11) is 0.942. The molecule has 0 saturated carbocycles. The van der Waals surface area contributed by atoms with Crippen molar-refractivity contribution in [3.05, 3.63) is 83.9 Å². The van der Waals surface area contributed by atoms with Crippen molar-refractivity contribution in [3.63, 3.8) is 0 Å². The number of fused-ring (bicyclic) bond motifs is 5. The van der Waals surface area contributed by atoms with Gasteiger partial charge in [0.1, 0.15) is 5.84 Å². The highest BCUT2D eigenvalue weighted by atomic mass is 31.2. The Balaban J connectivity index is 1.81. The minimum absolute atomic E-state index is 0.758. The number of benzene rings is 3. The van der Waals surface area contributed by atoms with Crippen LogP contribution in [-0.2, 0) is 11.1 Å². The van der Waals surface area contributed by atoms with E-state index >= 15 is 0 Å². The third-order valence-electron chi connectivity index (χ3n) is 5.28. The zero-order valence-electron chi connectivity index (χ0n) is 15.3. The van der Waals surface area contributed by atoms with Crippen molar-refractivity contribution in [2.24, 2.45) is 4.76 Å². The Morgan fingerprint density at radius 1 is 0.963 bits per heavy atom. The van der Waals surface area contributed by atoms with E-state index < -0.39 is 7.29 Å². The Kier molecular flexibility index (Phi) is 3.53. The van der Waals surface area contributed by atoms with Crippen molar-refractivity contribution >= 4 is 35.1 Å². The second-order valence-corrected chi connectivity index (χ2v) is 9.50. The molecular formula is C22H20N3OP. The summed E-state index contributed by atoms with van der Waals surface area (Å²) in [6.45, 7) is 0.758. The van der Waals surface area contributed by atoms with Crippen molar-refractivity contribution in [3.8, 4) is 0 Å². The van der Waals surface area contributed by atoms with Gasteiger partial charge in [0.25, 0.3) is 7.29 Å². The summed E-state index contributed by atoms with van der Waals surface area (Å²) < 4.78 is 19.2. The molecule has 0 spiro atoms. The molecule has 1 atom stereocenters. The van der Waals surface area contributed by atoms with Crippen LogP contribution in [0.1, 0.15) is 11.1 Å². The maximum absolute atomic E-state index is 14.3. The zero-order chi connectivity index (χ0) is 18.6. The molecule has 0 saturated heterocycles. The van der Waals surface area contributed by atoms with Gasteiger partial charge in [0.2, 0.25) is 0 Å². The lowest BCUT2D eigenvalue weighted by Gasteiger charge is -2.32. The molecule has 0 unspecified atom stereocenters. The van der Waals surface area contributed by atoms with Crippen LogP contribution in [0.15, 0.2) is 77.6 Å². The second-order valence-electron chi connectivity index (χ2n) is 7.15. The van der Waals surface area contributed by atoms with Gasteiger partial charge in [-0.05, 0) is 35.9 Å². The van der Waals surface area contributed by atoms with Crippen molar-refractivity contribution in [2.45, 2.75) is 6.54 Å². The third-order valence-corrected chi connectivity index (χ3v) is 7.78. The first-order valence-electron chi connectivity index (χ1n) is 9.01. The Hall–Kier alpha value is -2.84. The highest BCUT2D eigenvalue weighted by Gasteiger charge is 2.40. The lowest BCUT2D eigenvalue weighted by atomic mass is 10.1. The average molecular weight is 373 g/mol. The quantitative estimate of drug-likeness (QED) is 0.642. The molecule has 0 bridgehead atoms. The Morgan fingerprint density at radius 2 is 1.70 bits per heavy atom. The Morgan fingerprint density at radius 3 is 2.48 bits per heavy atom. The summed E-state index contributed by atoms with van der Waals surface area (Å²) in [4.78, 5) is 4.27. The van der Waals surface area contributed by atoms with Crippen LogP contribution in [0, 0.1) is 0 Å². The molecule has 2 heterocycles. The van der Waals surface area contributed by atoms with Gasteiger partial charge in [-0.1, -0.05) is 42.5 Å². The summed E-state index contributed by atoms with van der Waals surface area (Å²) >= 11 is 0. The first-order valence-corrected chi connectivity index (χ1v) is 10.7. The van der Waals surface area contributed by atoms with Crippen LogP contribution >= 0.6 is 7.29 Å². The minimum atomic E-state index is -3.10. The zero-order valence-corrected chi connectivity index (χ0v) is 16.2. The fourth-order valence-electron chi connectivity index (χ4n) is 3.85. The topological polar surface area (TPSA) is 35.9 Å². The number of hydrogen-bond acceptors (Lipinski definition) is 3. The molecule has 0 aliphatic carbocycles. The normalized spacial score (nSPS) is 19.8. The van der Waals surface area contributed by atoms with E-state index in [0.717, 1.165) is 39.9 Å². The monoisotopic (exact) mass is 373 g/mol. The van der Waals surface area contributed by atoms with Crippen molar-refractivity contribution in [1.29, 1.82) is 0 Å². The highest BCUT2D eigenvalue weighted by Crippen LogP contribution is 2.53. The lowest BCUT2D eigenvalue weighted by molar-refractivity contribution is 0.588. The largest absolute Gasteiger partial charge is 0.378 e. The standard InChI is InChI=1S/C22H20N3OP/c1-24(2)17-12-13-21-20(14-17)25-15-16-8-6-7-11-19(16)22(25)23-27(21,26)18-9-4-3-5-10-18/h3-14H,15H2,1-2H3/t27-/m0/s1. The van der Waals surface area contributed by atoms with Crippen LogP contribution < -0.4 is 20.4 Å². The summed E-state index contributed by atoms with van der Waals surface area (Å²) in [5.41, 5.74) is 4.38. The fourth-order valence-corrected chi connectivity index (χ4v) is 6.18. The van der Waals surface area contributed by atoms with E-state index in [1.165, 1.54) is 5.56 Å². The van der Waals surface area contributed by atoms with Gasteiger partial charge in [0.15, 0.2) is 0 Å². The molecule has 5 heteroatoms. The fraction of sp³-hybridized carbons (Fsp3) is 0.136. The van der Waals surface area contributed by atoms with Crippen molar-refractivity contribution in [2.75, 3.05) is 23.9 Å². The van der Waals surface area contributed by atoms with E-state index in [0.29, 0.717) is 0 Å². The number of anilines is 2. The number of nitrogens with zero attached hydrogens (tertiary/aromatic N) is 3. The van der Waals surface area contributed by atoms with E-state index in [4.69, 9.17) is 4.76 Å². The molecule has 0 N–H and O–H groups in total. The van der Waals surface area contributed by atoms with E-state index in [1.807, 2.05) is 68.7 Å². The molecule has 0 aromatic heterocycles. The van der Waals surface area contributed by atoms with Gasteiger partial charge in [0, 0.05) is 30.7 Å². The molecular weight excluding hydrogens is 353 g/mol. The van der Waals surface area contributed by atoms with Crippen molar-refractivity contribution in [1.82, 2.24) is 0 Å². The number of hydrogen-bond donors (Lipinski definition) is 0. The number of rotatable bonds is 2.